The zero-order chi connectivity index (χ0) is 15.4. The molecule has 3 rings (SSSR count). The number of morpholine rings is 1. The van der Waals surface area contributed by atoms with Crippen LogP contribution in [0, 0.1) is 0 Å². The molecule has 0 bridgehead atoms. The minimum atomic E-state index is -0.286. The van der Waals surface area contributed by atoms with Crippen LogP contribution < -0.4 is 4.74 Å². The molecule has 2 aliphatic heterocycles. The Hall–Kier alpha value is -1.79. The van der Waals surface area contributed by atoms with Crippen molar-refractivity contribution in [3.8, 4) is 5.75 Å². The normalized spacial score (nSPS) is 18.1. The summed E-state index contributed by atoms with van der Waals surface area (Å²) in [5.41, 5.74) is 2.29. The summed E-state index contributed by atoms with van der Waals surface area (Å²) in [6.45, 7) is 6.33. The Kier molecular flexibility index (Phi) is 4.80. The number of ether oxygens (including phenoxy) is 3. The third kappa shape index (κ3) is 3.51. The molecule has 1 amide bonds. The van der Waals surface area contributed by atoms with E-state index in [-0.39, 0.29) is 6.09 Å². The molecule has 120 valence electrons. The number of nitrogens with zero attached hydrogens (tertiary/aromatic N) is 2. The van der Waals surface area contributed by atoms with Crippen LogP contribution in [0.2, 0.25) is 0 Å². The topological polar surface area (TPSA) is 51.2 Å². The summed E-state index contributed by atoms with van der Waals surface area (Å²) in [5.74, 6) is 0.860. The molecule has 1 aromatic rings. The second-order valence-corrected chi connectivity index (χ2v) is 5.56. The molecule has 0 unspecified atom stereocenters. The first-order chi connectivity index (χ1) is 10.8. The van der Waals surface area contributed by atoms with Crippen LogP contribution in [0.3, 0.4) is 0 Å². The molecule has 2 heterocycles. The Morgan fingerprint density at radius 1 is 1.23 bits per heavy atom. The van der Waals surface area contributed by atoms with E-state index in [0.717, 1.165) is 49.7 Å². The van der Waals surface area contributed by atoms with Crippen LogP contribution >= 0.6 is 0 Å². The van der Waals surface area contributed by atoms with Gasteiger partial charge in [0.15, 0.2) is 0 Å². The number of hydrogen-bond acceptors (Lipinski definition) is 5. The van der Waals surface area contributed by atoms with Crippen molar-refractivity contribution in [1.82, 2.24) is 9.80 Å². The van der Waals surface area contributed by atoms with Crippen LogP contribution in [-0.4, -0.2) is 62.5 Å². The van der Waals surface area contributed by atoms with Crippen LogP contribution in [-0.2, 0) is 22.6 Å². The molecule has 0 aliphatic carbocycles. The van der Waals surface area contributed by atoms with Gasteiger partial charge in [-0.2, -0.15) is 0 Å². The van der Waals surface area contributed by atoms with Gasteiger partial charge in [0, 0.05) is 32.7 Å². The number of hydrogen-bond donors (Lipinski definition) is 0. The number of benzene rings is 1. The van der Waals surface area contributed by atoms with Crippen molar-refractivity contribution in [2.24, 2.45) is 0 Å². The van der Waals surface area contributed by atoms with Gasteiger partial charge in [0.2, 0.25) is 0 Å². The average Bonchev–Trinajstić information content (AvgIpc) is 2.98. The van der Waals surface area contributed by atoms with Crippen molar-refractivity contribution in [3.05, 3.63) is 29.3 Å². The lowest BCUT2D eigenvalue weighted by Gasteiger charge is -2.26. The highest BCUT2D eigenvalue weighted by atomic mass is 16.5. The molecule has 1 aromatic carbocycles. The van der Waals surface area contributed by atoms with E-state index in [0.29, 0.717) is 19.7 Å². The lowest BCUT2D eigenvalue weighted by atomic mass is 10.1. The zero-order valence-corrected chi connectivity index (χ0v) is 12.9. The average molecular weight is 306 g/mol. The summed E-state index contributed by atoms with van der Waals surface area (Å²) in [6, 6.07) is 6.03. The van der Waals surface area contributed by atoms with Crippen LogP contribution in [0.25, 0.3) is 0 Å². The van der Waals surface area contributed by atoms with Gasteiger partial charge >= 0.3 is 6.09 Å². The minimum absolute atomic E-state index is 0.286. The van der Waals surface area contributed by atoms with E-state index >= 15 is 0 Å². The predicted octanol–water partition coefficient (Wildman–Crippen LogP) is 1.48. The maximum atomic E-state index is 11.6. The molecule has 6 heteroatoms. The van der Waals surface area contributed by atoms with Gasteiger partial charge in [-0.25, -0.2) is 4.79 Å². The SMILES string of the molecule is COC(=O)N1Cc2ccc(OCCN3CCOCC3)cc2C1. The van der Waals surface area contributed by atoms with Gasteiger partial charge in [-0.1, -0.05) is 6.07 Å². The number of rotatable bonds is 4. The Morgan fingerprint density at radius 2 is 2.00 bits per heavy atom. The third-order valence-corrected chi connectivity index (χ3v) is 4.11. The van der Waals surface area contributed by atoms with E-state index in [9.17, 15) is 4.79 Å². The second-order valence-electron chi connectivity index (χ2n) is 5.56. The van der Waals surface area contributed by atoms with Crippen LogP contribution in [0.5, 0.6) is 5.75 Å². The number of amides is 1. The fourth-order valence-corrected chi connectivity index (χ4v) is 2.84. The highest BCUT2D eigenvalue weighted by Crippen LogP contribution is 2.27. The molecule has 0 aromatic heterocycles. The number of fused-ring (bicyclic) bond motifs is 1. The molecule has 1 fully saturated rings. The van der Waals surface area contributed by atoms with Crippen molar-refractivity contribution in [1.29, 1.82) is 0 Å². The summed E-state index contributed by atoms with van der Waals surface area (Å²) in [7, 11) is 1.41. The number of carbonyl (C=O) groups excluding carboxylic acids is 1. The summed E-state index contributed by atoms with van der Waals surface area (Å²) in [4.78, 5) is 15.6. The lowest BCUT2D eigenvalue weighted by Crippen LogP contribution is -2.38. The first-order valence-electron chi connectivity index (χ1n) is 7.64. The van der Waals surface area contributed by atoms with Gasteiger partial charge in [-0.05, 0) is 23.3 Å². The molecule has 6 nitrogen and oxygen atoms in total. The molecular formula is C16H22N2O4. The molecule has 0 spiro atoms. The summed E-state index contributed by atoms with van der Waals surface area (Å²) >= 11 is 0. The molecule has 0 saturated carbocycles. The van der Waals surface area contributed by atoms with E-state index in [2.05, 4.69) is 4.90 Å². The molecule has 1 saturated heterocycles. The van der Waals surface area contributed by atoms with Gasteiger partial charge in [0.25, 0.3) is 0 Å². The Bertz CT molecular complexity index is 529. The van der Waals surface area contributed by atoms with Gasteiger partial charge < -0.3 is 14.2 Å². The first kappa shape index (κ1) is 15.1. The monoisotopic (exact) mass is 306 g/mol. The van der Waals surface area contributed by atoms with Crippen molar-refractivity contribution in [2.75, 3.05) is 46.6 Å². The minimum Gasteiger partial charge on any atom is -0.492 e. The van der Waals surface area contributed by atoms with Gasteiger partial charge in [-0.15, -0.1) is 0 Å². The highest BCUT2D eigenvalue weighted by molar-refractivity contribution is 5.68. The Morgan fingerprint density at radius 3 is 2.77 bits per heavy atom. The smallest absolute Gasteiger partial charge is 0.410 e. The van der Waals surface area contributed by atoms with Gasteiger partial charge in [-0.3, -0.25) is 9.80 Å². The van der Waals surface area contributed by atoms with E-state index < -0.39 is 0 Å². The summed E-state index contributed by atoms with van der Waals surface area (Å²) < 4.78 is 15.9. The molecule has 2 aliphatic rings. The zero-order valence-electron chi connectivity index (χ0n) is 12.9. The van der Waals surface area contributed by atoms with Crippen molar-refractivity contribution in [2.45, 2.75) is 13.1 Å². The molecular weight excluding hydrogens is 284 g/mol. The van der Waals surface area contributed by atoms with Gasteiger partial charge in [0.1, 0.15) is 12.4 Å². The molecule has 0 radical (unpaired) electrons. The molecule has 0 atom stereocenters. The fourth-order valence-electron chi connectivity index (χ4n) is 2.84. The van der Waals surface area contributed by atoms with Crippen LogP contribution in [0.1, 0.15) is 11.1 Å². The molecule has 0 N–H and O–H groups in total. The summed E-state index contributed by atoms with van der Waals surface area (Å²) in [6.07, 6.45) is -0.286. The van der Waals surface area contributed by atoms with Crippen molar-refractivity contribution < 1.29 is 19.0 Å². The van der Waals surface area contributed by atoms with E-state index in [1.165, 1.54) is 7.11 Å². The van der Waals surface area contributed by atoms with E-state index in [1.54, 1.807) is 4.90 Å². The van der Waals surface area contributed by atoms with E-state index in [4.69, 9.17) is 14.2 Å². The standard InChI is InChI=1S/C16H22N2O4/c1-20-16(19)18-11-13-2-3-15(10-14(13)12-18)22-9-6-17-4-7-21-8-5-17/h2-3,10H,4-9,11-12H2,1H3. The maximum Gasteiger partial charge on any atom is 0.410 e. The highest BCUT2D eigenvalue weighted by Gasteiger charge is 2.24. The van der Waals surface area contributed by atoms with Crippen LogP contribution in [0.4, 0.5) is 4.79 Å². The van der Waals surface area contributed by atoms with Crippen molar-refractivity contribution in [3.63, 3.8) is 0 Å². The number of methoxy groups -OCH3 is 1. The summed E-state index contributed by atoms with van der Waals surface area (Å²) in [5, 5.41) is 0. The van der Waals surface area contributed by atoms with Crippen LogP contribution in [0.15, 0.2) is 18.2 Å². The Labute approximate surface area is 130 Å². The Balaban J connectivity index is 1.51. The van der Waals surface area contributed by atoms with E-state index in [1.807, 2.05) is 18.2 Å². The lowest BCUT2D eigenvalue weighted by molar-refractivity contribution is 0.0322. The quantitative estimate of drug-likeness (QED) is 0.843. The number of carbonyl (C=O) groups is 1. The fraction of sp³-hybridized carbons (Fsp3) is 0.562. The third-order valence-electron chi connectivity index (χ3n) is 4.11. The first-order valence-corrected chi connectivity index (χ1v) is 7.64. The molecule has 22 heavy (non-hydrogen) atoms. The van der Waals surface area contributed by atoms with Gasteiger partial charge in [0.05, 0.1) is 20.3 Å². The van der Waals surface area contributed by atoms with Crippen molar-refractivity contribution >= 4 is 6.09 Å². The predicted molar refractivity (Wildman–Crippen MR) is 80.8 cm³/mol. The maximum absolute atomic E-state index is 11.6. The largest absolute Gasteiger partial charge is 0.492 e. The second kappa shape index (κ2) is 6.98.